The van der Waals surface area contributed by atoms with Crippen molar-refractivity contribution in [3.63, 3.8) is 0 Å². The van der Waals surface area contributed by atoms with Gasteiger partial charge >= 0.3 is 0 Å². The molecule has 0 fully saturated rings. The minimum Gasteiger partial charge on any atom is -0.484 e. The van der Waals surface area contributed by atoms with Gasteiger partial charge in [-0.15, -0.1) is 0 Å². The molecule has 21 heavy (non-hydrogen) atoms. The summed E-state index contributed by atoms with van der Waals surface area (Å²) in [5.74, 6) is 0.334. The zero-order valence-corrected chi connectivity index (χ0v) is 11.7. The molecule has 0 spiro atoms. The Labute approximate surface area is 123 Å². The molecule has 0 bridgehead atoms. The fourth-order valence-electron chi connectivity index (χ4n) is 1.63. The van der Waals surface area contributed by atoms with Crippen LogP contribution < -0.4 is 15.9 Å². The van der Waals surface area contributed by atoms with Crippen molar-refractivity contribution in [1.29, 1.82) is 0 Å². The number of carbonyl (C=O) groups is 1. The van der Waals surface area contributed by atoms with E-state index < -0.39 is 0 Å². The Hall–Kier alpha value is -2.82. The van der Waals surface area contributed by atoms with E-state index in [4.69, 9.17) is 10.5 Å². The molecule has 0 aliphatic heterocycles. The maximum atomic E-state index is 11.6. The molecule has 0 aromatic heterocycles. The van der Waals surface area contributed by atoms with Gasteiger partial charge in [0.15, 0.2) is 6.61 Å². The van der Waals surface area contributed by atoms with Crippen LogP contribution in [-0.4, -0.2) is 18.2 Å². The molecule has 0 heterocycles. The second kappa shape index (κ2) is 7.09. The first kappa shape index (κ1) is 14.6. The van der Waals surface area contributed by atoms with E-state index in [0.717, 1.165) is 5.56 Å². The molecule has 0 aliphatic carbocycles. The van der Waals surface area contributed by atoms with Gasteiger partial charge in [0.2, 0.25) is 0 Å². The molecule has 0 saturated carbocycles. The number of ether oxygens (including phenoxy) is 1. The predicted octanol–water partition coefficient (Wildman–Crippen LogP) is 2.19. The van der Waals surface area contributed by atoms with Gasteiger partial charge in [-0.3, -0.25) is 4.79 Å². The lowest BCUT2D eigenvalue weighted by Gasteiger charge is -2.05. The smallest absolute Gasteiger partial charge is 0.277 e. The van der Waals surface area contributed by atoms with Crippen LogP contribution in [0.1, 0.15) is 12.5 Å². The third-order valence-electron chi connectivity index (χ3n) is 2.79. The maximum absolute atomic E-state index is 11.6. The quantitative estimate of drug-likeness (QED) is 0.501. The number of anilines is 1. The minimum absolute atomic E-state index is 0.0808. The average Bonchev–Trinajstić information content (AvgIpc) is 2.52. The Bertz CT molecular complexity index is 622. The molecule has 1 amide bonds. The summed E-state index contributed by atoms with van der Waals surface area (Å²) >= 11 is 0. The van der Waals surface area contributed by atoms with Crippen molar-refractivity contribution in [3.05, 3.63) is 60.2 Å². The van der Waals surface area contributed by atoms with Gasteiger partial charge in [0.05, 0.1) is 5.71 Å². The molecule has 2 aromatic carbocycles. The molecule has 5 nitrogen and oxygen atoms in total. The Kier molecular flexibility index (Phi) is 4.93. The first-order valence-corrected chi connectivity index (χ1v) is 6.52. The monoisotopic (exact) mass is 283 g/mol. The second-order valence-corrected chi connectivity index (χ2v) is 4.46. The van der Waals surface area contributed by atoms with Gasteiger partial charge < -0.3 is 10.5 Å². The van der Waals surface area contributed by atoms with Gasteiger partial charge in [-0.05, 0) is 36.8 Å². The van der Waals surface area contributed by atoms with E-state index in [-0.39, 0.29) is 12.5 Å². The number of nitrogens with zero attached hydrogens (tertiary/aromatic N) is 1. The largest absolute Gasteiger partial charge is 0.484 e. The van der Waals surface area contributed by atoms with Gasteiger partial charge in [-0.1, -0.05) is 30.3 Å². The maximum Gasteiger partial charge on any atom is 0.277 e. The molecule has 0 saturated heterocycles. The number of hydrogen-bond acceptors (Lipinski definition) is 4. The van der Waals surface area contributed by atoms with Gasteiger partial charge in [-0.25, -0.2) is 5.43 Å². The number of carbonyl (C=O) groups excluding carboxylic acids is 1. The average molecular weight is 283 g/mol. The Morgan fingerprint density at radius 3 is 2.48 bits per heavy atom. The van der Waals surface area contributed by atoms with Crippen LogP contribution in [0.2, 0.25) is 0 Å². The molecular weight excluding hydrogens is 266 g/mol. The van der Waals surface area contributed by atoms with Crippen LogP contribution >= 0.6 is 0 Å². The number of nitrogens with two attached hydrogens (primary N) is 1. The number of para-hydroxylation sites is 1. The SMILES string of the molecule is C/C(=N\NC(=O)COc1ccccc1)c1ccc(N)cc1. The lowest BCUT2D eigenvalue weighted by Crippen LogP contribution is -2.25. The van der Waals surface area contributed by atoms with Gasteiger partial charge in [0.1, 0.15) is 5.75 Å². The topological polar surface area (TPSA) is 76.7 Å². The van der Waals surface area contributed by atoms with Crippen LogP contribution in [0.5, 0.6) is 5.75 Å². The van der Waals surface area contributed by atoms with Crippen LogP contribution in [0.4, 0.5) is 5.69 Å². The Morgan fingerprint density at radius 2 is 1.81 bits per heavy atom. The minimum atomic E-state index is -0.311. The highest BCUT2D eigenvalue weighted by Crippen LogP contribution is 2.08. The number of hydrazone groups is 1. The first-order chi connectivity index (χ1) is 10.1. The normalized spacial score (nSPS) is 11.0. The molecule has 0 radical (unpaired) electrons. The molecule has 5 heteroatoms. The fourth-order valence-corrected chi connectivity index (χ4v) is 1.63. The van der Waals surface area contributed by atoms with E-state index in [1.54, 1.807) is 24.3 Å². The number of nitrogens with one attached hydrogen (secondary N) is 1. The lowest BCUT2D eigenvalue weighted by atomic mass is 10.1. The van der Waals surface area contributed by atoms with Gasteiger partial charge in [0, 0.05) is 5.69 Å². The molecule has 108 valence electrons. The van der Waals surface area contributed by atoms with Crippen molar-refractivity contribution in [2.24, 2.45) is 5.10 Å². The summed E-state index contributed by atoms with van der Waals surface area (Å²) in [5.41, 5.74) is 10.4. The summed E-state index contributed by atoms with van der Waals surface area (Å²) in [6.07, 6.45) is 0. The number of nitrogen functional groups attached to an aromatic ring is 1. The van der Waals surface area contributed by atoms with E-state index in [0.29, 0.717) is 17.1 Å². The van der Waals surface area contributed by atoms with Crippen molar-refractivity contribution >= 4 is 17.3 Å². The molecule has 0 aliphatic rings. The summed E-state index contributed by atoms with van der Waals surface area (Å²) in [5, 5.41) is 4.03. The molecule has 2 rings (SSSR count). The summed E-state index contributed by atoms with van der Waals surface area (Å²) in [6.45, 7) is 1.73. The molecular formula is C16H17N3O2. The van der Waals surface area contributed by atoms with Crippen LogP contribution in [0.3, 0.4) is 0 Å². The van der Waals surface area contributed by atoms with Crippen LogP contribution in [0.25, 0.3) is 0 Å². The molecule has 0 atom stereocenters. The highest BCUT2D eigenvalue weighted by molar-refractivity contribution is 5.99. The van der Waals surface area contributed by atoms with Crippen molar-refractivity contribution in [3.8, 4) is 5.75 Å². The number of rotatable bonds is 5. The van der Waals surface area contributed by atoms with Crippen molar-refractivity contribution in [1.82, 2.24) is 5.43 Å². The van der Waals surface area contributed by atoms with Crippen LogP contribution in [0, 0.1) is 0 Å². The zero-order valence-electron chi connectivity index (χ0n) is 11.7. The van der Waals surface area contributed by atoms with Gasteiger partial charge in [0.25, 0.3) is 5.91 Å². The van der Waals surface area contributed by atoms with E-state index in [1.807, 2.05) is 37.3 Å². The highest BCUT2D eigenvalue weighted by Gasteiger charge is 2.02. The second-order valence-electron chi connectivity index (χ2n) is 4.46. The summed E-state index contributed by atoms with van der Waals surface area (Å²) in [7, 11) is 0. The third kappa shape index (κ3) is 4.65. The van der Waals surface area contributed by atoms with Gasteiger partial charge in [-0.2, -0.15) is 5.10 Å². The standard InChI is InChI=1S/C16H17N3O2/c1-12(13-7-9-14(17)10-8-13)18-19-16(20)11-21-15-5-3-2-4-6-15/h2-10H,11,17H2,1H3,(H,19,20)/b18-12+. The van der Waals surface area contributed by atoms with Crippen LogP contribution in [-0.2, 0) is 4.79 Å². The number of amides is 1. The Morgan fingerprint density at radius 1 is 1.14 bits per heavy atom. The van der Waals surface area contributed by atoms with Crippen molar-refractivity contribution in [2.75, 3.05) is 12.3 Å². The summed E-state index contributed by atoms with van der Waals surface area (Å²) in [4.78, 5) is 11.6. The van der Waals surface area contributed by atoms with E-state index >= 15 is 0 Å². The summed E-state index contributed by atoms with van der Waals surface area (Å²) in [6, 6.07) is 16.4. The highest BCUT2D eigenvalue weighted by atomic mass is 16.5. The van der Waals surface area contributed by atoms with E-state index in [1.165, 1.54) is 0 Å². The molecule has 0 unspecified atom stereocenters. The van der Waals surface area contributed by atoms with E-state index in [2.05, 4.69) is 10.5 Å². The zero-order chi connectivity index (χ0) is 15.1. The first-order valence-electron chi connectivity index (χ1n) is 6.52. The fraction of sp³-hybridized carbons (Fsp3) is 0.125. The summed E-state index contributed by atoms with van der Waals surface area (Å²) < 4.78 is 5.32. The van der Waals surface area contributed by atoms with E-state index in [9.17, 15) is 4.79 Å². The number of hydrogen-bond donors (Lipinski definition) is 2. The van der Waals surface area contributed by atoms with Crippen LogP contribution in [0.15, 0.2) is 59.7 Å². The molecule has 2 aromatic rings. The lowest BCUT2D eigenvalue weighted by molar-refractivity contribution is -0.123. The van der Waals surface area contributed by atoms with Crippen molar-refractivity contribution in [2.45, 2.75) is 6.92 Å². The Balaban J connectivity index is 1.85. The molecule has 3 N–H and O–H groups in total. The predicted molar refractivity (Wildman–Crippen MR) is 83.1 cm³/mol. The number of benzene rings is 2. The third-order valence-corrected chi connectivity index (χ3v) is 2.79. The van der Waals surface area contributed by atoms with Crippen molar-refractivity contribution < 1.29 is 9.53 Å².